The van der Waals surface area contributed by atoms with E-state index in [1.807, 2.05) is 12.2 Å². The Bertz CT molecular complexity index is 346. The Morgan fingerprint density at radius 2 is 1.79 bits per heavy atom. The Hall–Kier alpha value is -0.0900. The first-order valence-electron chi connectivity index (χ1n) is 9.82. The molecular formula is C20H37ClO3. The molecule has 0 saturated heterocycles. The minimum absolute atomic E-state index is 0.0354. The molecule has 0 aromatic rings. The van der Waals surface area contributed by atoms with E-state index in [1.54, 1.807) is 6.92 Å². The monoisotopic (exact) mass is 360 g/mol. The van der Waals surface area contributed by atoms with Crippen molar-refractivity contribution in [1.82, 2.24) is 0 Å². The molecule has 0 aliphatic heterocycles. The van der Waals surface area contributed by atoms with Gasteiger partial charge >= 0.3 is 0 Å². The molecule has 3 N–H and O–H groups in total. The summed E-state index contributed by atoms with van der Waals surface area (Å²) in [4.78, 5) is 0. The number of unbranched alkanes of at least 4 members (excludes halogenated alkanes) is 4. The van der Waals surface area contributed by atoms with Gasteiger partial charge in [-0.1, -0.05) is 51.2 Å². The largest absolute Gasteiger partial charge is 0.393 e. The highest BCUT2D eigenvalue weighted by atomic mass is 35.5. The molecule has 0 bridgehead atoms. The van der Waals surface area contributed by atoms with Crippen molar-refractivity contribution in [3.63, 3.8) is 0 Å². The van der Waals surface area contributed by atoms with E-state index in [-0.39, 0.29) is 17.4 Å². The third-order valence-electron chi connectivity index (χ3n) is 5.19. The SMILES string of the molecule is CCCCCCC[C@@H]1[C@@H](/C=C/[C@@H](O)CCC[C@@H](C)O)[C@H](O)C[C@H]1Cl. The summed E-state index contributed by atoms with van der Waals surface area (Å²) in [5, 5.41) is 29.6. The van der Waals surface area contributed by atoms with Gasteiger partial charge in [0.1, 0.15) is 0 Å². The van der Waals surface area contributed by atoms with E-state index in [0.29, 0.717) is 25.2 Å². The van der Waals surface area contributed by atoms with E-state index in [4.69, 9.17) is 11.6 Å². The first-order chi connectivity index (χ1) is 11.5. The molecule has 1 aliphatic rings. The molecule has 1 aliphatic carbocycles. The predicted octanol–water partition coefficient (Wildman–Crippen LogP) is 4.42. The van der Waals surface area contributed by atoms with Crippen molar-refractivity contribution in [2.24, 2.45) is 11.8 Å². The van der Waals surface area contributed by atoms with Gasteiger partial charge in [0.05, 0.1) is 18.3 Å². The van der Waals surface area contributed by atoms with Gasteiger partial charge < -0.3 is 15.3 Å². The predicted molar refractivity (Wildman–Crippen MR) is 101 cm³/mol. The van der Waals surface area contributed by atoms with Crippen LogP contribution in [0.2, 0.25) is 0 Å². The Morgan fingerprint density at radius 1 is 1.08 bits per heavy atom. The normalized spacial score (nSPS) is 30.1. The first kappa shape index (κ1) is 22.0. The number of alkyl halides is 1. The fourth-order valence-corrected chi connectivity index (χ4v) is 4.17. The molecule has 1 fully saturated rings. The summed E-state index contributed by atoms with van der Waals surface area (Å²) in [6, 6.07) is 0. The van der Waals surface area contributed by atoms with E-state index in [9.17, 15) is 15.3 Å². The molecule has 1 saturated carbocycles. The van der Waals surface area contributed by atoms with Crippen LogP contribution >= 0.6 is 11.6 Å². The fraction of sp³-hybridized carbons (Fsp3) is 0.900. The van der Waals surface area contributed by atoms with Crippen LogP contribution in [0.1, 0.15) is 78.1 Å². The van der Waals surface area contributed by atoms with E-state index < -0.39 is 12.2 Å². The lowest BCUT2D eigenvalue weighted by molar-refractivity contribution is 0.138. The maximum absolute atomic E-state index is 10.3. The van der Waals surface area contributed by atoms with Gasteiger partial charge in [0, 0.05) is 11.3 Å². The lowest BCUT2D eigenvalue weighted by Gasteiger charge is -2.21. The highest BCUT2D eigenvalue weighted by Gasteiger charge is 2.39. The second-order valence-electron chi connectivity index (χ2n) is 7.50. The zero-order valence-electron chi connectivity index (χ0n) is 15.4. The van der Waals surface area contributed by atoms with Crippen molar-refractivity contribution in [3.8, 4) is 0 Å². The van der Waals surface area contributed by atoms with Crippen LogP contribution in [0, 0.1) is 11.8 Å². The minimum Gasteiger partial charge on any atom is -0.393 e. The zero-order valence-corrected chi connectivity index (χ0v) is 16.2. The van der Waals surface area contributed by atoms with Crippen LogP contribution in [0.5, 0.6) is 0 Å². The summed E-state index contributed by atoms with van der Waals surface area (Å²) in [6.07, 6.45) is 12.7. The van der Waals surface area contributed by atoms with Crippen molar-refractivity contribution < 1.29 is 15.3 Å². The van der Waals surface area contributed by atoms with Gasteiger partial charge in [-0.3, -0.25) is 0 Å². The van der Waals surface area contributed by atoms with Crippen LogP contribution in [0.4, 0.5) is 0 Å². The quantitative estimate of drug-likeness (QED) is 0.274. The van der Waals surface area contributed by atoms with E-state index in [0.717, 1.165) is 12.8 Å². The van der Waals surface area contributed by atoms with Crippen molar-refractivity contribution >= 4 is 11.6 Å². The van der Waals surface area contributed by atoms with Crippen LogP contribution in [0.15, 0.2) is 12.2 Å². The number of aliphatic hydroxyl groups is 3. The second kappa shape index (κ2) is 12.3. The zero-order chi connectivity index (χ0) is 17.9. The number of hydrogen-bond donors (Lipinski definition) is 3. The molecule has 3 nitrogen and oxygen atoms in total. The van der Waals surface area contributed by atoms with E-state index in [1.165, 1.54) is 32.1 Å². The summed E-state index contributed by atoms with van der Waals surface area (Å²) in [5.41, 5.74) is 0. The standard InChI is InChI=1S/C20H37ClO3/c1-3-4-5-6-7-11-17-18(20(24)14-19(17)21)13-12-16(23)10-8-9-15(2)22/h12-13,15-20,22-24H,3-11,14H2,1-2H3/b13-12+/t15-,16+,17-,18-,19-,20-/m1/s1. The van der Waals surface area contributed by atoms with Crippen molar-refractivity contribution in [3.05, 3.63) is 12.2 Å². The molecule has 0 amide bonds. The van der Waals surface area contributed by atoms with Crippen molar-refractivity contribution in [2.45, 2.75) is 102 Å². The Kier molecular flexibility index (Phi) is 11.2. The van der Waals surface area contributed by atoms with Gasteiger partial charge in [-0.2, -0.15) is 0 Å². The van der Waals surface area contributed by atoms with Crippen LogP contribution in [0.3, 0.4) is 0 Å². The molecule has 4 heteroatoms. The lowest BCUT2D eigenvalue weighted by Crippen LogP contribution is -2.19. The number of hydrogen-bond acceptors (Lipinski definition) is 3. The maximum Gasteiger partial charge on any atom is 0.0721 e. The molecule has 0 aromatic carbocycles. The maximum atomic E-state index is 10.3. The van der Waals surface area contributed by atoms with Gasteiger partial charge in [0.25, 0.3) is 0 Å². The molecule has 6 atom stereocenters. The highest BCUT2D eigenvalue weighted by molar-refractivity contribution is 6.21. The van der Waals surface area contributed by atoms with Crippen LogP contribution < -0.4 is 0 Å². The fourth-order valence-electron chi connectivity index (χ4n) is 3.69. The molecule has 24 heavy (non-hydrogen) atoms. The second-order valence-corrected chi connectivity index (χ2v) is 8.06. The average molecular weight is 361 g/mol. The third-order valence-corrected chi connectivity index (χ3v) is 5.69. The summed E-state index contributed by atoms with van der Waals surface area (Å²) in [7, 11) is 0. The smallest absolute Gasteiger partial charge is 0.0721 e. The van der Waals surface area contributed by atoms with Gasteiger partial charge in [-0.15, -0.1) is 11.6 Å². The summed E-state index contributed by atoms with van der Waals surface area (Å²) in [5.74, 6) is 0.370. The number of rotatable bonds is 12. The van der Waals surface area contributed by atoms with E-state index >= 15 is 0 Å². The molecule has 142 valence electrons. The molecule has 1 rings (SSSR count). The average Bonchev–Trinajstić information content (AvgIpc) is 2.78. The Labute approximate surface area is 153 Å². The molecule has 0 unspecified atom stereocenters. The molecular weight excluding hydrogens is 324 g/mol. The topological polar surface area (TPSA) is 60.7 Å². The number of halogens is 1. The van der Waals surface area contributed by atoms with Gasteiger partial charge in [-0.05, 0) is 44.9 Å². The summed E-state index contributed by atoms with van der Waals surface area (Å²) >= 11 is 6.46. The summed E-state index contributed by atoms with van der Waals surface area (Å²) < 4.78 is 0. The summed E-state index contributed by atoms with van der Waals surface area (Å²) in [6.45, 7) is 3.98. The molecule has 0 spiro atoms. The van der Waals surface area contributed by atoms with E-state index in [2.05, 4.69) is 6.92 Å². The Morgan fingerprint density at radius 3 is 2.46 bits per heavy atom. The number of aliphatic hydroxyl groups excluding tert-OH is 3. The van der Waals surface area contributed by atoms with Gasteiger partial charge in [-0.25, -0.2) is 0 Å². The minimum atomic E-state index is -0.504. The molecule has 0 heterocycles. The third kappa shape index (κ3) is 8.33. The first-order valence-corrected chi connectivity index (χ1v) is 10.3. The van der Waals surface area contributed by atoms with Crippen molar-refractivity contribution in [1.29, 1.82) is 0 Å². The van der Waals surface area contributed by atoms with Crippen LogP contribution in [0.25, 0.3) is 0 Å². The molecule has 0 aromatic heterocycles. The van der Waals surface area contributed by atoms with Crippen LogP contribution in [-0.2, 0) is 0 Å². The lowest BCUT2D eigenvalue weighted by atomic mass is 9.88. The highest BCUT2D eigenvalue weighted by Crippen LogP contribution is 2.40. The Balaban J connectivity index is 2.42. The molecule has 0 radical (unpaired) electrons. The van der Waals surface area contributed by atoms with Crippen molar-refractivity contribution in [2.75, 3.05) is 0 Å². The van der Waals surface area contributed by atoms with Gasteiger partial charge in [0.15, 0.2) is 0 Å². The van der Waals surface area contributed by atoms with Crippen LogP contribution in [-0.4, -0.2) is 39.0 Å². The van der Waals surface area contributed by atoms with Gasteiger partial charge in [0.2, 0.25) is 0 Å².